The molecule has 0 saturated heterocycles. The van der Waals surface area contributed by atoms with E-state index < -0.39 is 11.1 Å². The van der Waals surface area contributed by atoms with E-state index in [1.807, 2.05) is 69.3 Å². The predicted molar refractivity (Wildman–Crippen MR) is 137 cm³/mol. The van der Waals surface area contributed by atoms with Gasteiger partial charge in [-0.2, -0.15) is 0 Å². The Hall–Kier alpha value is -4.13. The van der Waals surface area contributed by atoms with Crippen LogP contribution in [0.2, 0.25) is 0 Å². The van der Waals surface area contributed by atoms with Gasteiger partial charge in [0.2, 0.25) is 0 Å². The number of aromatic nitrogens is 2. The minimum absolute atomic E-state index is 0.109. The third-order valence-corrected chi connectivity index (χ3v) is 5.76. The summed E-state index contributed by atoms with van der Waals surface area (Å²) in [7, 11) is 0. The van der Waals surface area contributed by atoms with Crippen LogP contribution in [0.4, 0.5) is 0 Å². The molecule has 0 aliphatic heterocycles. The summed E-state index contributed by atoms with van der Waals surface area (Å²) in [6.07, 6.45) is 0.109. The van der Waals surface area contributed by atoms with Crippen molar-refractivity contribution in [1.29, 1.82) is 0 Å². The van der Waals surface area contributed by atoms with Gasteiger partial charge in [0.05, 0.1) is 23.7 Å². The van der Waals surface area contributed by atoms with Crippen molar-refractivity contribution in [2.45, 2.75) is 46.5 Å². The Morgan fingerprint density at radius 2 is 1.40 bits per heavy atom. The summed E-state index contributed by atoms with van der Waals surface area (Å²) in [5.74, 6) is 0.608. The zero-order chi connectivity index (χ0) is 24.9. The van der Waals surface area contributed by atoms with Crippen molar-refractivity contribution in [3.63, 3.8) is 0 Å². The van der Waals surface area contributed by atoms with E-state index >= 15 is 0 Å². The van der Waals surface area contributed by atoms with Gasteiger partial charge in [0.15, 0.2) is 0 Å². The predicted octanol–water partition coefficient (Wildman–Crippen LogP) is 3.95. The topological polar surface area (TPSA) is 82.3 Å². The number of fused-ring (bicyclic) bond motifs is 1. The van der Waals surface area contributed by atoms with E-state index in [9.17, 15) is 14.4 Å². The zero-order valence-electron chi connectivity index (χ0n) is 20.2. The van der Waals surface area contributed by atoms with Crippen LogP contribution in [0.3, 0.4) is 0 Å². The average molecular weight is 472 g/mol. The highest BCUT2D eigenvalue weighted by atomic mass is 16.5. The maximum absolute atomic E-state index is 12.8. The molecule has 0 fully saturated rings. The lowest BCUT2D eigenvalue weighted by Crippen LogP contribution is -2.41. The number of rotatable bonds is 8. The number of para-hydroxylation sites is 2. The maximum Gasteiger partial charge on any atom is 0.317 e. The third kappa shape index (κ3) is 5.35. The molecule has 3 aromatic carbocycles. The Bertz CT molecular complexity index is 1450. The van der Waals surface area contributed by atoms with E-state index in [1.54, 1.807) is 24.3 Å². The number of nitrogens with zero attached hydrogens (tertiary/aromatic N) is 2. The molecule has 1 aromatic heterocycles. The molecule has 1 N–H and O–H groups in total. The first kappa shape index (κ1) is 24.0. The number of amides is 1. The van der Waals surface area contributed by atoms with Crippen LogP contribution in [0.15, 0.2) is 82.4 Å². The van der Waals surface area contributed by atoms with Crippen LogP contribution in [0, 0.1) is 0 Å². The van der Waals surface area contributed by atoms with Gasteiger partial charge in [-0.25, -0.2) is 0 Å². The fourth-order valence-corrected chi connectivity index (χ4v) is 4.03. The first-order chi connectivity index (χ1) is 16.9. The van der Waals surface area contributed by atoms with Gasteiger partial charge in [-0.05, 0) is 68.3 Å². The van der Waals surface area contributed by atoms with Crippen LogP contribution in [0.25, 0.3) is 11.0 Å². The molecule has 0 radical (unpaired) electrons. The Balaban J connectivity index is 1.47. The van der Waals surface area contributed by atoms with E-state index in [4.69, 9.17) is 4.74 Å². The summed E-state index contributed by atoms with van der Waals surface area (Å²) in [5.41, 5.74) is 2.64. The van der Waals surface area contributed by atoms with Crippen molar-refractivity contribution in [3.05, 3.63) is 110 Å². The highest BCUT2D eigenvalue weighted by Crippen LogP contribution is 2.15. The molecular formula is C28H29N3O4. The van der Waals surface area contributed by atoms with E-state index in [1.165, 1.54) is 9.13 Å². The second-order valence-corrected chi connectivity index (χ2v) is 8.62. The Labute approximate surface area is 203 Å². The number of benzene rings is 3. The van der Waals surface area contributed by atoms with Gasteiger partial charge in [0, 0.05) is 18.7 Å². The molecule has 0 spiro atoms. The van der Waals surface area contributed by atoms with Crippen LogP contribution in [0.1, 0.15) is 42.3 Å². The number of hydrogen-bond acceptors (Lipinski definition) is 4. The van der Waals surface area contributed by atoms with Gasteiger partial charge in [-0.3, -0.25) is 19.0 Å². The monoisotopic (exact) mass is 471 g/mol. The molecule has 0 atom stereocenters. The van der Waals surface area contributed by atoms with E-state index in [0.717, 1.165) is 22.4 Å². The number of ether oxygens (including phenoxy) is 1. The largest absolute Gasteiger partial charge is 0.491 e. The summed E-state index contributed by atoms with van der Waals surface area (Å²) >= 11 is 0. The highest BCUT2D eigenvalue weighted by Gasteiger charge is 2.13. The van der Waals surface area contributed by atoms with Gasteiger partial charge in [0.25, 0.3) is 5.91 Å². The van der Waals surface area contributed by atoms with E-state index in [-0.39, 0.29) is 18.6 Å². The molecule has 0 aliphatic rings. The molecule has 1 heterocycles. The van der Waals surface area contributed by atoms with Crippen LogP contribution in [-0.2, 0) is 19.6 Å². The number of aryl methyl sites for hydroxylation is 1. The number of hydrogen-bond donors (Lipinski definition) is 1. The molecule has 4 rings (SSSR count). The lowest BCUT2D eigenvalue weighted by molar-refractivity contribution is 0.0951. The lowest BCUT2D eigenvalue weighted by atomic mass is 10.1. The smallest absolute Gasteiger partial charge is 0.317 e. The van der Waals surface area contributed by atoms with Gasteiger partial charge < -0.3 is 14.6 Å². The van der Waals surface area contributed by atoms with Crippen molar-refractivity contribution in [1.82, 2.24) is 14.5 Å². The van der Waals surface area contributed by atoms with Crippen LogP contribution >= 0.6 is 0 Å². The molecule has 0 unspecified atom stereocenters. The Kier molecular flexibility index (Phi) is 7.15. The summed E-state index contributed by atoms with van der Waals surface area (Å²) in [6.45, 7) is 6.86. The van der Waals surface area contributed by atoms with Gasteiger partial charge in [-0.15, -0.1) is 0 Å². The molecule has 7 nitrogen and oxygen atoms in total. The Morgan fingerprint density at radius 1 is 0.829 bits per heavy atom. The Morgan fingerprint density at radius 3 is 2.00 bits per heavy atom. The third-order valence-electron chi connectivity index (χ3n) is 5.76. The van der Waals surface area contributed by atoms with Crippen molar-refractivity contribution in [2.24, 2.45) is 0 Å². The molecule has 0 saturated carbocycles. The minimum Gasteiger partial charge on any atom is -0.491 e. The number of nitrogens with one attached hydrogen (secondary N) is 1. The number of carbonyl (C=O) groups excluding carboxylic acids is 1. The fourth-order valence-electron chi connectivity index (χ4n) is 4.03. The highest BCUT2D eigenvalue weighted by molar-refractivity contribution is 5.94. The second-order valence-electron chi connectivity index (χ2n) is 8.62. The quantitative estimate of drug-likeness (QED) is 0.395. The maximum atomic E-state index is 12.8. The molecule has 1 amide bonds. The molecule has 180 valence electrons. The zero-order valence-corrected chi connectivity index (χ0v) is 20.2. The SMILES string of the molecule is CCn1c(=O)c(=O)n(Cc2ccc(C(=O)NCc3ccc(OC(C)C)cc3)cc2)c2ccccc21. The summed E-state index contributed by atoms with van der Waals surface area (Å²) in [5, 5.41) is 2.92. The first-order valence-electron chi connectivity index (χ1n) is 11.7. The van der Waals surface area contributed by atoms with Crippen LogP contribution in [0.5, 0.6) is 5.75 Å². The van der Waals surface area contributed by atoms with Gasteiger partial charge in [-0.1, -0.05) is 36.4 Å². The normalized spacial score (nSPS) is 11.1. The van der Waals surface area contributed by atoms with Crippen LogP contribution < -0.4 is 21.2 Å². The van der Waals surface area contributed by atoms with E-state index in [0.29, 0.717) is 24.2 Å². The summed E-state index contributed by atoms with van der Waals surface area (Å²) < 4.78 is 8.62. The lowest BCUT2D eigenvalue weighted by Gasteiger charge is -2.14. The molecule has 4 aromatic rings. The summed E-state index contributed by atoms with van der Waals surface area (Å²) in [4.78, 5) is 38.0. The minimum atomic E-state index is -0.558. The number of carbonyl (C=O) groups is 1. The fraction of sp³-hybridized carbons (Fsp3) is 0.250. The second kappa shape index (κ2) is 10.4. The average Bonchev–Trinajstić information content (AvgIpc) is 2.86. The molecule has 35 heavy (non-hydrogen) atoms. The van der Waals surface area contributed by atoms with Crippen molar-refractivity contribution >= 4 is 16.9 Å². The van der Waals surface area contributed by atoms with Crippen molar-refractivity contribution < 1.29 is 9.53 Å². The van der Waals surface area contributed by atoms with Gasteiger partial charge >= 0.3 is 11.1 Å². The molecule has 0 bridgehead atoms. The first-order valence-corrected chi connectivity index (χ1v) is 11.7. The molecular weight excluding hydrogens is 442 g/mol. The van der Waals surface area contributed by atoms with Crippen molar-refractivity contribution in [3.8, 4) is 5.75 Å². The van der Waals surface area contributed by atoms with Crippen LogP contribution in [-0.4, -0.2) is 21.1 Å². The molecule has 7 heteroatoms. The standard InChI is InChI=1S/C28H29N3O4/c1-4-30-24-7-5-6-8-25(24)31(28(34)27(30)33)18-21-9-13-22(14-10-21)26(32)29-17-20-11-15-23(16-12-20)35-19(2)3/h5-16,19H,4,17-18H2,1-3H3,(H,29,32). The molecule has 0 aliphatic carbocycles. The van der Waals surface area contributed by atoms with Crippen molar-refractivity contribution in [2.75, 3.05) is 0 Å². The van der Waals surface area contributed by atoms with Gasteiger partial charge in [0.1, 0.15) is 5.75 Å². The summed E-state index contributed by atoms with van der Waals surface area (Å²) in [6, 6.07) is 22.1. The van der Waals surface area contributed by atoms with E-state index in [2.05, 4.69) is 5.32 Å².